The molecule has 11 aromatic rings. The Kier molecular flexibility index (Phi) is 7.13. The summed E-state index contributed by atoms with van der Waals surface area (Å²) in [7, 11) is 0. The first kappa shape index (κ1) is 32.1. The van der Waals surface area contributed by atoms with Crippen molar-refractivity contribution >= 4 is 86.7 Å². The first-order valence-corrected chi connectivity index (χ1v) is 20.1. The number of furan rings is 1. The van der Waals surface area contributed by atoms with Crippen LogP contribution in [0.4, 0.5) is 0 Å². The third kappa shape index (κ3) is 5.10. The molecule has 8 aromatic carbocycles. The van der Waals surface area contributed by atoms with Crippen LogP contribution in [0.3, 0.4) is 0 Å². The van der Waals surface area contributed by atoms with Crippen molar-refractivity contribution in [3.63, 3.8) is 0 Å². The predicted molar refractivity (Wildman–Crippen MR) is 240 cm³/mol. The van der Waals surface area contributed by atoms with Crippen LogP contribution in [0.2, 0.25) is 0 Å². The number of nitrogens with one attached hydrogen (secondary N) is 1. The fraction of sp³-hybridized carbons (Fsp3) is 0.0192. The van der Waals surface area contributed by atoms with Gasteiger partial charge in [-0.05, 0) is 82.4 Å². The SMILES string of the molecule is C1=C(c2ccccc2)NC(c2ccccc2)N=C1c1ccc(-n2c3ccccc3c3ccc4oc5ccc(-c6cccc7c6sc6ccccc67)cc5c4c32)cc1. The van der Waals surface area contributed by atoms with Gasteiger partial charge in [-0.2, -0.15) is 0 Å². The Labute approximate surface area is 332 Å². The summed E-state index contributed by atoms with van der Waals surface area (Å²) in [5.41, 5.74) is 12.9. The number of para-hydroxylation sites is 1. The van der Waals surface area contributed by atoms with Gasteiger partial charge >= 0.3 is 0 Å². The van der Waals surface area contributed by atoms with E-state index in [0.717, 1.165) is 66.8 Å². The molecule has 0 bridgehead atoms. The average Bonchev–Trinajstić information content (AvgIpc) is 3.96. The van der Waals surface area contributed by atoms with E-state index in [1.807, 2.05) is 17.4 Å². The number of aromatic nitrogens is 1. The third-order valence-corrected chi connectivity index (χ3v) is 12.7. The summed E-state index contributed by atoms with van der Waals surface area (Å²) in [5.74, 6) is 0. The van der Waals surface area contributed by atoms with Gasteiger partial charge in [0.05, 0.1) is 22.1 Å². The van der Waals surface area contributed by atoms with E-state index in [1.54, 1.807) is 0 Å². The maximum absolute atomic E-state index is 6.63. The Morgan fingerprint density at radius 3 is 2.12 bits per heavy atom. The molecule has 0 aliphatic carbocycles. The van der Waals surface area contributed by atoms with Gasteiger partial charge in [-0.25, -0.2) is 0 Å². The minimum Gasteiger partial charge on any atom is -0.456 e. The molecule has 1 N–H and O–H groups in total. The maximum atomic E-state index is 6.63. The van der Waals surface area contributed by atoms with Crippen LogP contribution in [0.1, 0.15) is 22.9 Å². The monoisotopic (exact) mass is 747 g/mol. The highest BCUT2D eigenvalue weighted by Gasteiger charge is 2.22. The Bertz CT molecular complexity index is 3420. The first-order valence-electron chi connectivity index (χ1n) is 19.3. The quantitative estimate of drug-likeness (QED) is 0.190. The molecule has 0 radical (unpaired) electrons. The number of benzene rings is 8. The fourth-order valence-corrected chi connectivity index (χ4v) is 10.0. The molecular formula is C52H33N3OS. The second-order valence-corrected chi connectivity index (χ2v) is 15.8. The van der Waals surface area contributed by atoms with E-state index < -0.39 is 0 Å². The van der Waals surface area contributed by atoms with Gasteiger partial charge < -0.3 is 14.3 Å². The molecule has 4 heterocycles. The average molecular weight is 748 g/mol. The lowest BCUT2D eigenvalue weighted by Gasteiger charge is -2.25. The van der Waals surface area contributed by atoms with Crippen LogP contribution < -0.4 is 5.32 Å². The smallest absolute Gasteiger partial charge is 0.145 e. The van der Waals surface area contributed by atoms with E-state index in [2.05, 4.69) is 192 Å². The standard InChI is InChI=1S/C52H33N3OS/c1-3-12-32(13-4-1)43-31-44(54-52(53-43)34-14-5-2-6-15-34)33-22-25-36(26-23-33)55-45-20-9-7-16-38(45)40-27-29-47-49(50(40)55)42-30-35(24-28-46(42)56-47)37-18-11-19-41-39-17-8-10-21-48(39)57-51(37)41/h1-31,52-53H. The zero-order chi connectivity index (χ0) is 37.5. The van der Waals surface area contributed by atoms with Gasteiger partial charge in [-0.1, -0.05) is 133 Å². The maximum Gasteiger partial charge on any atom is 0.145 e. The van der Waals surface area contributed by atoms with Crippen LogP contribution in [0, 0.1) is 0 Å². The zero-order valence-electron chi connectivity index (χ0n) is 30.7. The Balaban J connectivity index is 1.03. The second-order valence-electron chi connectivity index (χ2n) is 14.7. The van der Waals surface area contributed by atoms with Gasteiger partial charge in [-0.15, -0.1) is 11.3 Å². The number of thiophene rings is 1. The minimum absolute atomic E-state index is 0.197. The molecule has 1 unspecified atom stereocenters. The first-order chi connectivity index (χ1) is 28.2. The molecule has 268 valence electrons. The van der Waals surface area contributed by atoms with Crippen molar-refractivity contribution in [3.8, 4) is 16.8 Å². The summed E-state index contributed by atoms with van der Waals surface area (Å²) in [5, 5.41) is 10.9. The molecule has 0 spiro atoms. The summed E-state index contributed by atoms with van der Waals surface area (Å²) in [6, 6.07) is 64.9. The lowest BCUT2D eigenvalue weighted by Crippen LogP contribution is -2.24. The van der Waals surface area contributed by atoms with Crippen molar-refractivity contribution in [1.29, 1.82) is 0 Å². The zero-order valence-corrected chi connectivity index (χ0v) is 31.5. The van der Waals surface area contributed by atoms with E-state index >= 15 is 0 Å². The fourth-order valence-electron chi connectivity index (χ4n) is 8.78. The molecule has 3 aromatic heterocycles. The highest BCUT2D eigenvalue weighted by atomic mass is 32.1. The summed E-state index contributed by atoms with van der Waals surface area (Å²) in [4.78, 5) is 5.23. The second kappa shape index (κ2) is 12.7. The Morgan fingerprint density at radius 1 is 0.544 bits per heavy atom. The molecule has 12 rings (SSSR count). The van der Waals surface area contributed by atoms with Crippen molar-refractivity contribution in [3.05, 3.63) is 205 Å². The van der Waals surface area contributed by atoms with Gasteiger partial charge in [-0.3, -0.25) is 4.99 Å². The van der Waals surface area contributed by atoms with E-state index in [0.29, 0.717) is 0 Å². The Morgan fingerprint density at radius 2 is 1.26 bits per heavy atom. The van der Waals surface area contributed by atoms with E-state index in [4.69, 9.17) is 9.41 Å². The molecule has 0 amide bonds. The number of aliphatic imine (C=N–C) groups is 1. The van der Waals surface area contributed by atoms with Crippen LogP contribution in [0.25, 0.3) is 86.4 Å². The molecule has 0 saturated carbocycles. The van der Waals surface area contributed by atoms with Crippen LogP contribution in [-0.2, 0) is 0 Å². The number of nitrogens with zero attached hydrogens (tertiary/aromatic N) is 2. The number of allylic oxidation sites excluding steroid dienone is 1. The Hall–Kier alpha value is -7.21. The molecule has 4 nitrogen and oxygen atoms in total. The van der Waals surface area contributed by atoms with Crippen LogP contribution >= 0.6 is 11.3 Å². The summed E-state index contributed by atoms with van der Waals surface area (Å²) in [6.45, 7) is 0. The highest BCUT2D eigenvalue weighted by Crippen LogP contribution is 2.44. The van der Waals surface area contributed by atoms with Crippen molar-refractivity contribution in [2.24, 2.45) is 4.99 Å². The van der Waals surface area contributed by atoms with Crippen LogP contribution in [0.15, 0.2) is 197 Å². The number of hydrogen-bond acceptors (Lipinski definition) is 4. The molecule has 1 aliphatic heterocycles. The highest BCUT2D eigenvalue weighted by molar-refractivity contribution is 7.26. The minimum atomic E-state index is -0.197. The van der Waals surface area contributed by atoms with Crippen molar-refractivity contribution in [2.75, 3.05) is 0 Å². The van der Waals surface area contributed by atoms with Gasteiger partial charge in [0.15, 0.2) is 0 Å². The van der Waals surface area contributed by atoms with E-state index in [-0.39, 0.29) is 6.17 Å². The van der Waals surface area contributed by atoms with Crippen molar-refractivity contribution in [1.82, 2.24) is 9.88 Å². The van der Waals surface area contributed by atoms with Crippen LogP contribution in [-0.4, -0.2) is 10.3 Å². The topological polar surface area (TPSA) is 42.5 Å². The molecule has 0 saturated heterocycles. The lowest BCUT2D eigenvalue weighted by molar-refractivity contribution is 0.664. The number of fused-ring (bicyclic) bond motifs is 10. The van der Waals surface area contributed by atoms with Crippen molar-refractivity contribution in [2.45, 2.75) is 6.17 Å². The molecule has 57 heavy (non-hydrogen) atoms. The summed E-state index contributed by atoms with van der Waals surface area (Å²) >= 11 is 1.87. The van der Waals surface area contributed by atoms with E-state index in [9.17, 15) is 0 Å². The summed E-state index contributed by atoms with van der Waals surface area (Å²) in [6.07, 6.45) is 1.97. The van der Waals surface area contributed by atoms with Gasteiger partial charge in [0.2, 0.25) is 0 Å². The lowest BCUT2D eigenvalue weighted by atomic mass is 10.00. The molecule has 1 atom stereocenters. The van der Waals surface area contributed by atoms with Crippen LogP contribution in [0.5, 0.6) is 0 Å². The molecule has 5 heteroatoms. The number of hydrogen-bond donors (Lipinski definition) is 1. The third-order valence-electron chi connectivity index (χ3n) is 11.4. The summed E-state index contributed by atoms with van der Waals surface area (Å²) < 4.78 is 11.7. The number of rotatable bonds is 5. The van der Waals surface area contributed by atoms with E-state index in [1.165, 1.54) is 42.1 Å². The van der Waals surface area contributed by atoms with Gasteiger partial charge in [0.25, 0.3) is 0 Å². The largest absolute Gasteiger partial charge is 0.456 e. The van der Waals surface area contributed by atoms with Gasteiger partial charge in [0, 0.05) is 47.7 Å². The molecule has 1 aliphatic rings. The van der Waals surface area contributed by atoms with Crippen molar-refractivity contribution < 1.29 is 4.42 Å². The van der Waals surface area contributed by atoms with Gasteiger partial charge in [0.1, 0.15) is 17.3 Å². The predicted octanol–water partition coefficient (Wildman–Crippen LogP) is 13.9. The normalized spacial score (nSPS) is 14.5. The molecule has 0 fully saturated rings. The molecular weight excluding hydrogens is 715 g/mol.